The molecule has 0 radical (unpaired) electrons. The maximum absolute atomic E-state index is 12.7. The van der Waals surface area contributed by atoms with Gasteiger partial charge in [-0.3, -0.25) is 9.78 Å². The number of aromatic hydroxyl groups is 1. The van der Waals surface area contributed by atoms with Crippen LogP contribution in [0.15, 0.2) is 72.9 Å². The van der Waals surface area contributed by atoms with Crippen molar-refractivity contribution in [1.82, 2.24) is 14.9 Å². The van der Waals surface area contributed by atoms with Crippen molar-refractivity contribution in [3.05, 3.63) is 95.6 Å². The second-order valence-corrected chi connectivity index (χ2v) is 11.7. The average molecular weight is 570 g/mol. The smallest absolute Gasteiger partial charge is 0.229 e. The average Bonchev–Trinajstić information content (AvgIpc) is 3.44. The highest BCUT2D eigenvalue weighted by Crippen LogP contribution is 2.45. The first-order chi connectivity index (χ1) is 19.5. The van der Waals surface area contributed by atoms with E-state index in [1.165, 1.54) is 0 Å². The minimum absolute atomic E-state index is 0.100. The first-order valence-corrected chi connectivity index (χ1v) is 13.9. The van der Waals surface area contributed by atoms with Gasteiger partial charge < -0.3 is 29.9 Å². The van der Waals surface area contributed by atoms with Crippen LogP contribution >= 0.6 is 12.2 Å². The number of carbonyl (C=O) groups is 1. The minimum Gasteiger partial charge on any atom is -0.508 e. The molecule has 0 bridgehead atoms. The number of aromatic nitrogens is 2. The number of phenols is 1. The largest absolute Gasteiger partial charge is 0.508 e. The van der Waals surface area contributed by atoms with E-state index in [-0.39, 0.29) is 23.7 Å². The molecule has 9 heteroatoms. The van der Waals surface area contributed by atoms with Gasteiger partial charge in [0.15, 0.2) is 5.11 Å². The first-order valence-electron chi connectivity index (χ1n) is 13.5. The van der Waals surface area contributed by atoms with Gasteiger partial charge in [-0.05, 0) is 86.2 Å². The third-order valence-corrected chi connectivity index (χ3v) is 7.70. The molecular weight excluding hydrogens is 534 g/mol. The fourth-order valence-corrected chi connectivity index (χ4v) is 5.62. The molecule has 4 aromatic rings. The molecule has 0 spiro atoms. The van der Waals surface area contributed by atoms with Gasteiger partial charge in [-0.1, -0.05) is 26.8 Å². The Balaban J connectivity index is 1.62. The first kappa shape index (κ1) is 28.2. The molecular formula is C32H35N5O3S. The lowest BCUT2D eigenvalue weighted by molar-refractivity contribution is -0.123. The molecule has 1 saturated heterocycles. The van der Waals surface area contributed by atoms with Gasteiger partial charge in [-0.25, -0.2) is 0 Å². The van der Waals surface area contributed by atoms with Gasteiger partial charge in [0.25, 0.3) is 0 Å². The normalized spacial score (nSPS) is 16.9. The highest BCUT2D eigenvalue weighted by molar-refractivity contribution is 7.80. The van der Waals surface area contributed by atoms with Crippen molar-refractivity contribution < 1.29 is 14.6 Å². The molecule has 1 amide bonds. The van der Waals surface area contributed by atoms with Crippen LogP contribution in [-0.4, -0.2) is 32.8 Å². The Morgan fingerprint density at radius 1 is 1.05 bits per heavy atom. The van der Waals surface area contributed by atoms with E-state index >= 15 is 0 Å². The van der Waals surface area contributed by atoms with E-state index in [4.69, 9.17) is 17.0 Å². The second kappa shape index (κ2) is 10.9. The molecule has 2 aromatic heterocycles. The number of nitrogens with one attached hydrogen (secondary N) is 2. The Morgan fingerprint density at radius 3 is 2.39 bits per heavy atom. The highest BCUT2D eigenvalue weighted by atomic mass is 32.1. The Kier molecular flexibility index (Phi) is 7.48. The zero-order valence-electron chi connectivity index (χ0n) is 24.1. The summed E-state index contributed by atoms with van der Waals surface area (Å²) < 4.78 is 7.90. The topological polar surface area (TPSA) is 91.7 Å². The van der Waals surface area contributed by atoms with Crippen LogP contribution in [0.5, 0.6) is 11.5 Å². The van der Waals surface area contributed by atoms with E-state index in [2.05, 4.69) is 45.0 Å². The Bertz CT molecular complexity index is 1590. The van der Waals surface area contributed by atoms with E-state index in [1.807, 2.05) is 69.3 Å². The van der Waals surface area contributed by atoms with Crippen molar-refractivity contribution in [2.45, 2.75) is 46.7 Å². The Morgan fingerprint density at radius 2 is 1.76 bits per heavy atom. The molecule has 41 heavy (non-hydrogen) atoms. The van der Waals surface area contributed by atoms with Gasteiger partial charge >= 0.3 is 0 Å². The quantitative estimate of drug-likeness (QED) is 0.233. The van der Waals surface area contributed by atoms with Gasteiger partial charge in [0, 0.05) is 40.4 Å². The monoisotopic (exact) mass is 569 g/mol. The minimum atomic E-state index is -0.550. The number of aryl methyl sites for hydroxylation is 1. The summed E-state index contributed by atoms with van der Waals surface area (Å²) in [5.41, 5.74) is 5.89. The fraction of sp³-hybridized carbons (Fsp3) is 0.281. The molecule has 212 valence electrons. The van der Waals surface area contributed by atoms with Crippen LogP contribution in [0.3, 0.4) is 0 Å². The molecule has 0 aliphatic carbocycles. The lowest BCUT2D eigenvalue weighted by atomic mass is 9.95. The Hall–Kier alpha value is -4.37. The maximum atomic E-state index is 12.7. The molecule has 2 aromatic carbocycles. The van der Waals surface area contributed by atoms with Crippen LogP contribution in [0.2, 0.25) is 0 Å². The summed E-state index contributed by atoms with van der Waals surface area (Å²) in [5.74, 6) is 0.661. The maximum Gasteiger partial charge on any atom is 0.229 e. The molecule has 2 unspecified atom stereocenters. The number of rotatable bonds is 6. The summed E-state index contributed by atoms with van der Waals surface area (Å²) in [6, 6.07) is 20.5. The Labute approximate surface area is 246 Å². The third kappa shape index (κ3) is 5.37. The van der Waals surface area contributed by atoms with Gasteiger partial charge in [0.2, 0.25) is 5.91 Å². The van der Waals surface area contributed by atoms with Crippen LogP contribution in [-0.2, 0) is 4.79 Å². The van der Waals surface area contributed by atoms with Crippen LogP contribution in [0.1, 0.15) is 55.5 Å². The number of hydrogen-bond donors (Lipinski definition) is 3. The number of nitrogens with zero attached hydrogens (tertiary/aromatic N) is 3. The number of pyridine rings is 1. The number of carbonyl (C=O) groups excluding carboxylic acids is 1. The number of amides is 1. The summed E-state index contributed by atoms with van der Waals surface area (Å²) >= 11 is 5.94. The van der Waals surface area contributed by atoms with Gasteiger partial charge in [0.1, 0.15) is 11.5 Å². The van der Waals surface area contributed by atoms with Gasteiger partial charge in [-0.2, -0.15) is 0 Å². The number of thiocarbonyl (C=S) groups is 1. The van der Waals surface area contributed by atoms with Crippen LogP contribution in [0.25, 0.3) is 5.69 Å². The lowest BCUT2D eigenvalue weighted by Crippen LogP contribution is -2.30. The zero-order valence-corrected chi connectivity index (χ0v) is 24.9. The molecule has 0 saturated carbocycles. The SMILES string of the molecule is COc1cc(N2C(=S)NC(c3ccccn3)C2c2cc(C)n(-c3ccc(O)cc3)c2C)ccc1NC(=O)C(C)(C)C. The molecule has 1 aliphatic rings. The third-order valence-electron chi connectivity index (χ3n) is 7.39. The summed E-state index contributed by atoms with van der Waals surface area (Å²) in [4.78, 5) is 19.5. The van der Waals surface area contributed by atoms with Crippen molar-refractivity contribution >= 4 is 34.6 Å². The summed E-state index contributed by atoms with van der Waals surface area (Å²) in [6.45, 7) is 9.77. The number of benzene rings is 2. The van der Waals surface area contributed by atoms with E-state index < -0.39 is 5.41 Å². The van der Waals surface area contributed by atoms with Crippen molar-refractivity contribution in [2.24, 2.45) is 5.41 Å². The van der Waals surface area contributed by atoms with E-state index in [1.54, 1.807) is 25.4 Å². The van der Waals surface area contributed by atoms with Crippen molar-refractivity contribution in [1.29, 1.82) is 0 Å². The van der Waals surface area contributed by atoms with Gasteiger partial charge in [0.05, 0.1) is 30.6 Å². The summed E-state index contributed by atoms with van der Waals surface area (Å²) in [6.07, 6.45) is 1.79. The molecule has 8 nitrogen and oxygen atoms in total. The molecule has 1 fully saturated rings. The molecule has 3 heterocycles. The predicted octanol–water partition coefficient (Wildman–Crippen LogP) is 6.37. The van der Waals surface area contributed by atoms with E-state index in [0.29, 0.717) is 16.5 Å². The predicted molar refractivity (Wildman–Crippen MR) is 166 cm³/mol. The van der Waals surface area contributed by atoms with Crippen molar-refractivity contribution in [3.8, 4) is 17.2 Å². The van der Waals surface area contributed by atoms with Crippen molar-refractivity contribution in [3.63, 3.8) is 0 Å². The molecule has 5 rings (SSSR count). The second-order valence-electron chi connectivity index (χ2n) is 11.3. The van der Waals surface area contributed by atoms with Crippen LogP contribution in [0.4, 0.5) is 11.4 Å². The summed E-state index contributed by atoms with van der Waals surface area (Å²) in [5, 5.41) is 16.9. The summed E-state index contributed by atoms with van der Waals surface area (Å²) in [7, 11) is 1.59. The molecule has 2 atom stereocenters. The number of hydrogen-bond acceptors (Lipinski definition) is 5. The van der Waals surface area contributed by atoms with Crippen LogP contribution in [0, 0.1) is 19.3 Å². The number of methoxy groups -OCH3 is 1. The number of anilines is 2. The number of phenolic OH excluding ortho intramolecular Hbond substituents is 1. The van der Waals surface area contributed by atoms with Crippen LogP contribution < -0.4 is 20.3 Å². The highest BCUT2D eigenvalue weighted by Gasteiger charge is 2.42. The zero-order chi connectivity index (χ0) is 29.5. The lowest BCUT2D eigenvalue weighted by Gasteiger charge is -2.29. The standard InChI is InChI=1S/C32H35N5O3S/c1-19-17-24(20(2)36(19)21-10-13-23(38)14-11-21)29-28(26-9-7-8-16-33-26)35-31(41)37(29)22-12-15-25(27(18-22)40-6)34-30(39)32(3,4)5/h7-18,28-29,38H,1-6H3,(H,34,39)(H,35,41). The fourth-order valence-electron chi connectivity index (χ4n) is 5.28. The van der Waals surface area contributed by atoms with Gasteiger partial charge in [-0.15, -0.1) is 0 Å². The van der Waals surface area contributed by atoms with Crippen molar-refractivity contribution in [2.75, 3.05) is 17.3 Å². The van der Waals surface area contributed by atoms with E-state index in [0.717, 1.165) is 34.0 Å². The van der Waals surface area contributed by atoms with E-state index in [9.17, 15) is 9.90 Å². The molecule has 3 N–H and O–H groups in total. The molecule has 1 aliphatic heterocycles. The number of ether oxygens (including phenoxy) is 1.